The molecule has 0 unspecified atom stereocenters. The number of nitrogens with one attached hydrogen (secondary N) is 2. The fourth-order valence-corrected chi connectivity index (χ4v) is 3.30. The van der Waals surface area contributed by atoms with Crippen molar-refractivity contribution in [1.29, 1.82) is 0 Å². The van der Waals surface area contributed by atoms with Crippen LogP contribution in [0.3, 0.4) is 0 Å². The van der Waals surface area contributed by atoms with Crippen molar-refractivity contribution >= 4 is 47.0 Å². The number of hydrazone groups is 1. The fourth-order valence-electron chi connectivity index (χ4n) is 3.12. The van der Waals surface area contributed by atoms with Crippen molar-refractivity contribution in [3.05, 3.63) is 123 Å². The molecule has 2 amide bonds. The van der Waals surface area contributed by atoms with Crippen LogP contribution >= 0.6 is 11.6 Å². The molecule has 190 valence electrons. The van der Waals surface area contributed by atoms with Crippen molar-refractivity contribution < 1.29 is 28.5 Å². The number of hydrogen-bond acceptors (Lipinski definition) is 8. The third-order valence-electron chi connectivity index (χ3n) is 5.01. The highest BCUT2D eigenvalue weighted by atomic mass is 35.5. The Kier molecular flexibility index (Phi) is 7.89. The van der Waals surface area contributed by atoms with E-state index in [1.165, 1.54) is 73.1 Å². The van der Waals surface area contributed by atoms with Crippen LogP contribution in [0.1, 0.15) is 36.8 Å². The second-order valence-corrected chi connectivity index (χ2v) is 8.02. The minimum atomic E-state index is -0.750. The van der Waals surface area contributed by atoms with E-state index in [0.29, 0.717) is 16.3 Å². The molecule has 4 aromatic rings. The smallest absolute Gasteiger partial charge is 0.343 e. The third kappa shape index (κ3) is 6.47. The molecule has 0 spiro atoms. The Bertz CT molecular complexity index is 1520. The number of nitrogens with zero attached hydrogens (tertiary/aromatic N) is 2. The molecule has 0 aliphatic carbocycles. The van der Waals surface area contributed by atoms with Gasteiger partial charge < -0.3 is 14.5 Å². The number of esters is 1. The number of carbonyl (C=O) groups excluding carboxylic acids is 3. The zero-order chi connectivity index (χ0) is 27.1. The number of carbonyl (C=O) groups is 3. The molecule has 4 rings (SSSR count). The van der Waals surface area contributed by atoms with E-state index in [0.717, 1.165) is 0 Å². The van der Waals surface area contributed by atoms with Crippen LogP contribution in [-0.4, -0.2) is 28.9 Å². The maximum atomic E-state index is 12.5. The van der Waals surface area contributed by atoms with Gasteiger partial charge in [0.1, 0.15) is 5.75 Å². The lowest BCUT2D eigenvalue weighted by Gasteiger charge is -2.08. The first kappa shape index (κ1) is 25.8. The van der Waals surface area contributed by atoms with Gasteiger partial charge in [0, 0.05) is 34.0 Å². The number of nitro groups is 1. The van der Waals surface area contributed by atoms with Crippen molar-refractivity contribution in [3.63, 3.8) is 0 Å². The summed E-state index contributed by atoms with van der Waals surface area (Å²) in [5, 5.41) is 17.7. The topological polar surface area (TPSA) is 153 Å². The highest BCUT2D eigenvalue weighted by Gasteiger charge is 2.14. The number of amides is 2. The standard InChI is InChI=1S/C26H17ClN4O7/c27-19-7-12-22(38-26(34)17-5-10-21(11-6-17)31(35)36)18(14-19)15-28-30-24(32)16-3-8-20(9-4-16)29-25(33)23-2-1-13-37-23/h1-15H,(H,29,33)(H,30,32)/b28-15+. The number of hydrogen-bond donors (Lipinski definition) is 2. The molecule has 3 aromatic carbocycles. The lowest BCUT2D eigenvalue weighted by molar-refractivity contribution is -0.384. The monoisotopic (exact) mass is 532 g/mol. The molecule has 11 nitrogen and oxygen atoms in total. The van der Waals surface area contributed by atoms with Gasteiger partial charge in [-0.1, -0.05) is 11.6 Å². The van der Waals surface area contributed by atoms with Crippen LogP contribution in [-0.2, 0) is 0 Å². The zero-order valence-corrected chi connectivity index (χ0v) is 20.0. The number of rotatable bonds is 8. The first-order valence-corrected chi connectivity index (χ1v) is 11.2. The summed E-state index contributed by atoms with van der Waals surface area (Å²) < 4.78 is 10.4. The largest absolute Gasteiger partial charge is 0.459 e. The van der Waals surface area contributed by atoms with E-state index in [4.69, 9.17) is 20.8 Å². The third-order valence-corrected chi connectivity index (χ3v) is 5.24. The summed E-state index contributed by atoms with van der Waals surface area (Å²) in [5.74, 6) is -1.45. The number of non-ortho nitro benzene ring substituents is 1. The summed E-state index contributed by atoms with van der Waals surface area (Å²) in [4.78, 5) is 47.2. The van der Waals surface area contributed by atoms with Gasteiger partial charge in [-0.2, -0.15) is 5.10 Å². The summed E-state index contributed by atoms with van der Waals surface area (Å²) in [6.45, 7) is 0. The Labute approximate surface area is 219 Å². The van der Waals surface area contributed by atoms with Crippen LogP contribution in [0, 0.1) is 10.1 Å². The number of ether oxygens (including phenoxy) is 1. The van der Waals surface area contributed by atoms with Gasteiger partial charge in [0.2, 0.25) is 0 Å². The zero-order valence-electron chi connectivity index (χ0n) is 19.3. The average molecular weight is 533 g/mol. The van der Waals surface area contributed by atoms with Crippen molar-refractivity contribution in [1.82, 2.24) is 5.43 Å². The van der Waals surface area contributed by atoms with Gasteiger partial charge in [0.05, 0.1) is 23.0 Å². The second kappa shape index (κ2) is 11.6. The molecule has 2 N–H and O–H groups in total. The Morgan fingerprint density at radius 2 is 1.66 bits per heavy atom. The quantitative estimate of drug-likeness (QED) is 0.105. The van der Waals surface area contributed by atoms with Gasteiger partial charge in [-0.05, 0) is 66.7 Å². The SMILES string of the molecule is O=C(N/N=C/c1cc(Cl)ccc1OC(=O)c1ccc([N+](=O)[O-])cc1)c1ccc(NC(=O)c2ccco2)cc1. The van der Waals surface area contributed by atoms with Crippen LogP contribution < -0.4 is 15.5 Å². The fraction of sp³-hybridized carbons (Fsp3) is 0. The average Bonchev–Trinajstić information content (AvgIpc) is 3.46. The van der Waals surface area contributed by atoms with Crippen molar-refractivity contribution in [2.24, 2.45) is 5.10 Å². The van der Waals surface area contributed by atoms with E-state index in [1.807, 2.05) is 0 Å². The predicted molar refractivity (Wildman–Crippen MR) is 138 cm³/mol. The first-order valence-electron chi connectivity index (χ1n) is 10.8. The molecule has 0 atom stereocenters. The molecule has 0 radical (unpaired) electrons. The minimum absolute atomic E-state index is 0.102. The lowest BCUT2D eigenvalue weighted by Crippen LogP contribution is -2.18. The molecular weight excluding hydrogens is 516 g/mol. The van der Waals surface area contributed by atoms with E-state index < -0.39 is 22.7 Å². The summed E-state index contributed by atoms with van der Waals surface area (Å²) in [6.07, 6.45) is 2.64. The Morgan fingerprint density at radius 1 is 0.947 bits per heavy atom. The van der Waals surface area contributed by atoms with Crippen LogP contribution in [0.2, 0.25) is 5.02 Å². The highest BCUT2D eigenvalue weighted by Crippen LogP contribution is 2.23. The summed E-state index contributed by atoms with van der Waals surface area (Å²) >= 11 is 6.05. The molecule has 0 saturated heterocycles. The summed E-state index contributed by atoms with van der Waals surface area (Å²) in [7, 11) is 0. The summed E-state index contributed by atoms with van der Waals surface area (Å²) in [6, 6.07) is 18.6. The van der Waals surface area contributed by atoms with E-state index in [2.05, 4.69) is 15.8 Å². The summed E-state index contributed by atoms with van der Waals surface area (Å²) in [5.41, 5.74) is 3.33. The Hall–Kier alpha value is -5.29. The number of nitro benzene ring substituents is 1. The maximum Gasteiger partial charge on any atom is 0.343 e. The molecule has 1 heterocycles. The van der Waals surface area contributed by atoms with Crippen LogP contribution in [0.25, 0.3) is 0 Å². The Morgan fingerprint density at radius 3 is 2.32 bits per heavy atom. The van der Waals surface area contributed by atoms with E-state index in [-0.39, 0.29) is 28.3 Å². The van der Waals surface area contributed by atoms with E-state index in [1.54, 1.807) is 18.2 Å². The molecule has 0 fully saturated rings. The molecule has 0 bridgehead atoms. The maximum absolute atomic E-state index is 12.5. The molecule has 38 heavy (non-hydrogen) atoms. The molecular formula is C26H17ClN4O7. The van der Waals surface area contributed by atoms with Gasteiger partial charge in [-0.15, -0.1) is 0 Å². The minimum Gasteiger partial charge on any atom is -0.459 e. The van der Waals surface area contributed by atoms with Crippen molar-refractivity contribution in [2.45, 2.75) is 0 Å². The second-order valence-electron chi connectivity index (χ2n) is 7.58. The van der Waals surface area contributed by atoms with E-state index >= 15 is 0 Å². The highest BCUT2D eigenvalue weighted by molar-refractivity contribution is 6.31. The van der Waals surface area contributed by atoms with E-state index in [9.17, 15) is 24.5 Å². The molecule has 1 aromatic heterocycles. The Balaban J connectivity index is 1.39. The van der Waals surface area contributed by atoms with Crippen molar-refractivity contribution in [2.75, 3.05) is 5.32 Å². The van der Waals surface area contributed by atoms with Crippen LogP contribution in [0.15, 0.2) is 94.6 Å². The van der Waals surface area contributed by atoms with Crippen LogP contribution in [0.4, 0.5) is 11.4 Å². The first-order chi connectivity index (χ1) is 18.3. The van der Waals surface area contributed by atoms with Gasteiger partial charge >= 0.3 is 5.97 Å². The van der Waals surface area contributed by atoms with Crippen LogP contribution in [0.5, 0.6) is 5.75 Å². The van der Waals surface area contributed by atoms with Gasteiger partial charge in [-0.25, -0.2) is 10.2 Å². The number of halogens is 1. The van der Waals surface area contributed by atoms with Gasteiger partial charge in [0.15, 0.2) is 5.76 Å². The molecule has 12 heteroatoms. The van der Waals surface area contributed by atoms with Crippen molar-refractivity contribution in [3.8, 4) is 5.75 Å². The number of benzene rings is 3. The molecule has 0 aliphatic rings. The number of anilines is 1. The predicted octanol–water partition coefficient (Wildman–Crippen LogP) is 5.08. The lowest BCUT2D eigenvalue weighted by atomic mass is 10.2. The normalized spacial score (nSPS) is 10.7. The van der Waals surface area contributed by atoms with Gasteiger partial charge in [-0.3, -0.25) is 19.7 Å². The number of furan rings is 1. The van der Waals surface area contributed by atoms with Gasteiger partial charge in [0.25, 0.3) is 17.5 Å². The molecule has 0 saturated carbocycles. The molecule has 0 aliphatic heterocycles.